The first-order valence-corrected chi connectivity index (χ1v) is 11.1. The molecule has 0 aromatic heterocycles. The standard InChI is InChI=1S/C21H21BrN2O4S/c1-2-28-17-9-7-16(8-10-17)24-20(26)13-18(21(24)27)29-12-11-19(25)23-15-5-3-14(22)4-6-15/h3-10,18H,2,11-13H2,1H3,(H,23,25). The van der Waals surface area contributed by atoms with Gasteiger partial charge in [-0.15, -0.1) is 11.8 Å². The van der Waals surface area contributed by atoms with Gasteiger partial charge in [0.1, 0.15) is 5.75 Å². The lowest BCUT2D eigenvalue weighted by Gasteiger charge is -2.15. The van der Waals surface area contributed by atoms with Crippen LogP contribution >= 0.6 is 27.7 Å². The maximum absolute atomic E-state index is 12.7. The molecule has 1 unspecified atom stereocenters. The highest BCUT2D eigenvalue weighted by Gasteiger charge is 2.39. The van der Waals surface area contributed by atoms with Crippen LogP contribution in [0.2, 0.25) is 0 Å². The summed E-state index contributed by atoms with van der Waals surface area (Å²) < 4.78 is 6.33. The average Bonchev–Trinajstić information content (AvgIpc) is 2.98. The summed E-state index contributed by atoms with van der Waals surface area (Å²) in [5, 5.41) is 2.35. The highest BCUT2D eigenvalue weighted by Crippen LogP contribution is 2.31. The highest BCUT2D eigenvalue weighted by atomic mass is 79.9. The number of thioether (sulfide) groups is 1. The number of hydrogen-bond donors (Lipinski definition) is 1. The molecule has 3 amide bonds. The first-order valence-electron chi connectivity index (χ1n) is 9.24. The molecular formula is C21H21BrN2O4S. The Morgan fingerprint density at radius 3 is 2.52 bits per heavy atom. The number of anilines is 2. The third-order valence-electron chi connectivity index (χ3n) is 4.29. The van der Waals surface area contributed by atoms with Gasteiger partial charge >= 0.3 is 0 Å². The monoisotopic (exact) mass is 476 g/mol. The molecule has 1 N–H and O–H groups in total. The summed E-state index contributed by atoms with van der Waals surface area (Å²) in [5.74, 6) is 0.565. The lowest BCUT2D eigenvalue weighted by Crippen LogP contribution is -2.31. The average molecular weight is 477 g/mol. The number of halogens is 1. The van der Waals surface area contributed by atoms with Crippen LogP contribution in [0.4, 0.5) is 11.4 Å². The molecule has 6 nitrogen and oxygen atoms in total. The van der Waals surface area contributed by atoms with E-state index in [4.69, 9.17) is 4.74 Å². The van der Waals surface area contributed by atoms with Crippen LogP contribution in [0, 0.1) is 0 Å². The van der Waals surface area contributed by atoms with Crippen LogP contribution in [-0.2, 0) is 14.4 Å². The van der Waals surface area contributed by atoms with Gasteiger partial charge in [-0.25, -0.2) is 4.90 Å². The predicted molar refractivity (Wildman–Crippen MR) is 118 cm³/mol. The largest absolute Gasteiger partial charge is 0.494 e. The molecule has 1 aliphatic rings. The topological polar surface area (TPSA) is 75.7 Å². The van der Waals surface area contributed by atoms with Crippen molar-refractivity contribution in [3.05, 3.63) is 53.0 Å². The summed E-state index contributed by atoms with van der Waals surface area (Å²) in [6.07, 6.45) is 0.410. The zero-order chi connectivity index (χ0) is 20.8. The van der Waals surface area contributed by atoms with Crippen molar-refractivity contribution in [3.8, 4) is 5.75 Å². The van der Waals surface area contributed by atoms with E-state index in [2.05, 4.69) is 21.2 Å². The van der Waals surface area contributed by atoms with Gasteiger partial charge in [0.25, 0.3) is 0 Å². The normalized spacial score (nSPS) is 16.2. The summed E-state index contributed by atoms with van der Waals surface area (Å²) in [7, 11) is 0. The fourth-order valence-corrected chi connectivity index (χ4v) is 4.27. The number of rotatable bonds is 8. The number of imide groups is 1. The van der Waals surface area contributed by atoms with Crippen molar-refractivity contribution >= 4 is 56.8 Å². The molecule has 1 saturated heterocycles. The van der Waals surface area contributed by atoms with Gasteiger partial charge in [-0.05, 0) is 55.5 Å². The van der Waals surface area contributed by atoms with Crippen LogP contribution < -0.4 is 15.0 Å². The molecule has 152 valence electrons. The molecular weight excluding hydrogens is 456 g/mol. The maximum Gasteiger partial charge on any atom is 0.247 e. The smallest absolute Gasteiger partial charge is 0.247 e. The Bertz CT molecular complexity index is 887. The van der Waals surface area contributed by atoms with Crippen molar-refractivity contribution in [3.63, 3.8) is 0 Å². The summed E-state index contributed by atoms with van der Waals surface area (Å²) in [6, 6.07) is 14.2. The fraction of sp³-hybridized carbons (Fsp3) is 0.286. The number of nitrogens with zero attached hydrogens (tertiary/aromatic N) is 1. The van der Waals surface area contributed by atoms with Crippen LogP contribution in [0.3, 0.4) is 0 Å². The summed E-state index contributed by atoms with van der Waals surface area (Å²) in [4.78, 5) is 38.3. The van der Waals surface area contributed by atoms with Crippen molar-refractivity contribution in [1.82, 2.24) is 0 Å². The molecule has 2 aromatic rings. The number of amides is 3. The number of nitrogens with one attached hydrogen (secondary N) is 1. The van der Waals surface area contributed by atoms with Crippen LogP contribution in [0.25, 0.3) is 0 Å². The van der Waals surface area contributed by atoms with Gasteiger partial charge in [-0.3, -0.25) is 14.4 Å². The van der Waals surface area contributed by atoms with Gasteiger partial charge in [0.15, 0.2) is 0 Å². The van der Waals surface area contributed by atoms with Gasteiger partial charge < -0.3 is 10.1 Å². The van der Waals surface area contributed by atoms with E-state index in [1.165, 1.54) is 16.7 Å². The van der Waals surface area contributed by atoms with Crippen molar-refractivity contribution in [2.75, 3.05) is 22.6 Å². The van der Waals surface area contributed by atoms with E-state index in [1.54, 1.807) is 24.3 Å². The van der Waals surface area contributed by atoms with Gasteiger partial charge in [0.05, 0.1) is 17.5 Å². The molecule has 0 bridgehead atoms. The first kappa shape index (κ1) is 21.4. The van der Waals surface area contributed by atoms with E-state index in [0.29, 0.717) is 23.8 Å². The van der Waals surface area contributed by atoms with E-state index < -0.39 is 5.25 Å². The first-order chi connectivity index (χ1) is 14.0. The minimum absolute atomic E-state index is 0.125. The van der Waals surface area contributed by atoms with Gasteiger partial charge in [0.2, 0.25) is 17.7 Å². The van der Waals surface area contributed by atoms with E-state index in [0.717, 1.165) is 10.2 Å². The zero-order valence-corrected chi connectivity index (χ0v) is 18.3. The Labute approximate surface area is 182 Å². The van der Waals surface area contributed by atoms with E-state index in [9.17, 15) is 14.4 Å². The number of carbonyl (C=O) groups excluding carboxylic acids is 3. The molecule has 8 heteroatoms. The lowest BCUT2D eigenvalue weighted by molar-refractivity contribution is -0.121. The molecule has 1 aliphatic heterocycles. The molecule has 3 rings (SSSR count). The molecule has 0 radical (unpaired) electrons. The molecule has 0 spiro atoms. The Morgan fingerprint density at radius 1 is 1.17 bits per heavy atom. The number of ether oxygens (including phenoxy) is 1. The minimum Gasteiger partial charge on any atom is -0.494 e. The number of carbonyl (C=O) groups is 3. The predicted octanol–water partition coefficient (Wildman–Crippen LogP) is 4.24. The summed E-state index contributed by atoms with van der Waals surface area (Å²) in [6.45, 7) is 2.44. The fourth-order valence-electron chi connectivity index (χ4n) is 2.91. The van der Waals surface area contributed by atoms with E-state index >= 15 is 0 Å². The molecule has 1 fully saturated rings. The van der Waals surface area contributed by atoms with Crippen molar-refractivity contribution in [2.45, 2.75) is 25.0 Å². The second-order valence-corrected chi connectivity index (χ2v) is 8.59. The SMILES string of the molecule is CCOc1ccc(N2C(=O)CC(SCCC(=O)Nc3ccc(Br)cc3)C2=O)cc1. The van der Waals surface area contributed by atoms with Gasteiger partial charge in [-0.2, -0.15) is 0 Å². The second kappa shape index (κ2) is 9.93. The lowest BCUT2D eigenvalue weighted by atomic mass is 10.3. The Balaban J connectivity index is 1.50. The summed E-state index contributed by atoms with van der Waals surface area (Å²) in [5.41, 5.74) is 1.26. The van der Waals surface area contributed by atoms with Crippen LogP contribution in [0.5, 0.6) is 5.75 Å². The van der Waals surface area contributed by atoms with Crippen molar-refractivity contribution in [1.29, 1.82) is 0 Å². The van der Waals surface area contributed by atoms with Crippen molar-refractivity contribution < 1.29 is 19.1 Å². The molecule has 0 saturated carbocycles. The highest BCUT2D eigenvalue weighted by molar-refractivity contribution is 9.10. The quantitative estimate of drug-likeness (QED) is 0.576. The van der Waals surface area contributed by atoms with Crippen LogP contribution in [0.15, 0.2) is 53.0 Å². The second-order valence-electron chi connectivity index (χ2n) is 6.36. The zero-order valence-electron chi connectivity index (χ0n) is 15.9. The maximum atomic E-state index is 12.7. The van der Waals surface area contributed by atoms with Crippen molar-refractivity contribution in [2.24, 2.45) is 0 Å². The molecule has 29 heavy (non-hydrogen) atoms. The van der Waals surface area contributed by atoms with Gasteiger partial charge in [0, 0.05) is 28.8 Å². The molecule has 2 aromatic carbocycles. The molecule has 1 atom stereocenters. The Morgan fingerprint density at radius 2 is 1.86 bits per heavy atom. The Kier molecular flexibility index (Phi) is 7.33. The molecule has 0 aliphatic carbocycles. The Hall–Kier alpha value is -2.32. The minimum atomic E-state index is -0.463. The van der Waals surface area contributed by atoms with Crippen LogP contribution in [0.1, 0.15) is 19.8 Å². The number of hydrogen-bond acceptors (Lipinski definition) is 5. The third kappa shape index (κ3) is 5.61. The van der Waals surface area contributed by atoms with E-state index in [-0.39, 0.29) is 30.6 Å². The molecule has 1 heterocycles. The van der Waals surface area contributed by atoms with E-state index in [1.807, 2.05) is 31.2 Å². The summed E-state index contributed by atoms with van der Waals surface area (Å²) >= 11 is 4.69. The third-order valence-corrected chi connectivity index (χ3v) is 6.03. The van der Waals surface area contributed by atoms with Crippen LogP contribution in [-0.4, -0.2) is 35.3 Å². The number of benzene rings is 2. The van der Waals surface area contributed by atoms with Gasteiger partial charge in [-0.1, -0.05) is 15.9 Å².